The molecular formula is C14H27NO9. The molecule has 1 saturated heterocycles. The number of aliphatic hydroxyl groups is 7. The van der Waals surface area contributed by atoms with Crippen LogP contribution in [0.15, 0.2) is 0 Å². The minimum absolute atomic E-state index is 0.113. The molecule has 2 aliphatic rings. The average Bonchev–Trinajstić information content (AvgIpc) is 2.57. The molecule has 0 spiro atoms. The summed E-state index contributed by atoms with van der Waals surface area (Å²) < 4.78 is 10.4. The molecule has 24 heavy (non-hydrogen) atoms. The van der Waals surface area contributed by atoms with Crippen LogP contribution in [0.4, 0.5) is 0 Å². The first-order valence-corrected chi connectivity index (χ1v) is 7.92. The molecule has 10 atom stereocenters. The first-order chi connectivity index (χ1) is 11.3. The summed E-state index contributed by atoms with van der Waals surface area (Å²) >= 11 is 0. The normalized spacial score (nSPS) is 50.0. The van der Waals surface area contributed by atoms with E-state index >= 15 is 0 Å². The van der Waals surface area contributed by atoms with Crippen LogP contribution in [0.2, 0.25) is 0 Å². The lowest BCUT2D eigenvalue weighted by Crippen LogP contribution is -2.69. The molecule has 1 aliphatic heterocycles. The van der Waals surface area contributed by atoms with Crippen molar-refractivity contribution in [1.82, 2.24) is 5.32 Å². The molecule has 10 heteroatoms. The Kier molecular flexibility index (Phi) is 6.90. The van der Waals surface area contributed by atoms with Gasteiger partial charge >= 0.3 is 0 Å². The van der Waals surface area contributed by atoms with Crippen LogP contribution < -0.4 is 5.32 Å². The van der Waals surface area contributed by atoms with Gasteiger partial charge in [0.2, 0.25) is 0 Å². The van der Waals surface area contributed by atoms with Crippen LogP contribution in [0.25, 0.3) is 0 Å². The van der Waals surface area contributed by atoms with Crippen molar-refractivity contribution in [1.29, 1.82) is 0 Å². The molecule has 1 heterocycles. The topological polar surface area (TPSA) is 172 Å². The van der Waals surface area contributed by atoms with E-state index in [-0.39, 0.29) is 6.42 Å². The van der Waals surface area contributed by atoms with Crippen LogP contribution in [0.1, 0.15) is 6.42 Å². The molecule has 8 N–H and O–H groups in total. The fraction of sp³-hybridized carbons (Fsp3) is 1.00. The highest BCUT2D eigenvalue weighted by atomic mass is 16.7. The molecule has 0 aromatic carbocycles. The van der Waals surface area contributed by atoms with Gasteiger partial charge in [-0.3, -0.25) is 0 Å². The van der Waals surface area contributed by atoms with Gasteiger partial charge in [-0.25, -0.2) is 0 Å². The minimum atomic E-state index is -1.56. The molecular weight excluding hydrogens is 326 g/mol. The number of hydrogen-bond acceptors (Lipinski definition) is 10. The van der Waals surface area contributed by atoms with E-state index in [1.807, 2.05) is 0 Å². The number of rotatable bonds is 5. The van der Waals surface area contributed by atoms with Gasteiger partial charge < -0.3 is 50.5 Å². The molecule has 10 unspecified atom stereocenters. The molecule has 1 aliphatic carbocycles. The van der Waals surface area contributed by atoms with Gasteiger partial charge in [0.25, 0.3) is 0 Å². The summed E-state index contributed by atoms with van der Waals surface area (Å²) in [6.45, 7) is -0.971. The number of hydrogen-bond donors (Lipinski definition) is 8. The van der Waals surface area contributed by atoms with Crippen LogP contribution >= 0.6 is 0 Å². The first kappa shape index (κ1) is 19.9. The van der Waals surface area contributed by atoms with E-state index in [4.69, 9.17) is 9.47 Å². The zero-order valence-corrected chi connectivity index (χ0v) is 13.3. The summed E-state index contributed by atoms with van der Waals surface area (Å²) in [7, 11) is 1.36. The van der Waals surface area contributed by atoms with E-state index < -0.39 is 74.1 Å². The molecule has 142 valence electrons. The number of ether oxygens (including phenoxy) is 2. The highest BCUT2D eigenvalue weighted by Crippen LogP contribution is 2.29. The average molecular weight is 353 g/mol. The standard InChI is InChI=1S/C14H27NO9/c1-23-14-7(18)2-6(8(4-17)24-14)15-9-10(19)5(3-16)11(20)13(22)12(9)21/h5-22H,2-4H2,1H3. The van der Waals surface area contributed by atoms with Crippen molar-refractivity contribution in [3.05, 3.63) is 0 Å². The van der Waals surface area contributed by atoms with Crippen molar-refractivity contribution >= 4 is 0 Å². The molecule has 10 nitrogen and oxygen atoms in total. The van der Waals surface area contributed by atoms with Gasteiger partial charge in [0.15, 0.2) is 6.29 Å². The monoisotopic (exact) mass is 353 g/mol. The van der Waals surface area contributed by atoms with Crippen molar-refractivity contribution in [2.75, 3.05) is 20.3 Å². The molecule has 0 amide bonds. The van der Waals surface area contributed by atoms with Gasteiger partial charge in [0.1, 0.15) is 18.3 Å². The highest BCUT2D eigenvalue weighted by molar-refractivity contribution is 5.03. The molecule has 1 saturated carbocycles. The maximum atomic E-state index is 10.3. The predicted octanol–water partition coefficient (Wildman–Crippen LogP) is -4.51. The quantitative estimate of drug-likeness (QED) is 0.241. The smallest absolute Gasteiger partial charge is 0.183 e. The number of aliphatic hydroxyl groups excluding tert-OH is 7. The summed E-state index contributed by atoms with van der Waals surface area (Å²) in [5.74, 6) is -1.05. The van der Waals surface area contributed by atoms with Crippen molar-refractivity contribution in [2.24, 2.45) is 5.92 Å². The van der Waals surface area contributed by atoms with Crippen LogP contribution in [-0.2, 0) is 9.47 Å². The number of nitrogens with one attached hydrogen (secondary N) is 1. The zero-order chi connectivity index (χ0) is 18.0. The third-order valence-corrected chi connectivity index (χ3v) is 4.91. The van der Waals surface area contributed by atoms with Crippen LogP contribution in [0, 0.1) is 5.92 Å². The Labute approximate surface area is 139 Å². The second-order valence-electron chi connectivity index (χ2n) is 6.37. The van der Waals surface area contributed by atoms with Crippen molar-refractivity contribution in [3.8, 4) is 0 Å². The molecule has 2 rings (SSSR count). The van der Waals surface area contributed by atoms with Gasteiger partial charge in [0.05, 0.1) is 37.6 Å². The van der Waals surface area contributed by atoms with E-state index in [2.05, 4.69) is 5.32 Å². The first-order valence-electron chi connectivity index (χ1n) is 7.92. The maximum absolute atomic E-state index is 10.3. The van der Waals surface area contributed by atoms with Gasteiger partial charge in [0, 0.05) is 19.1 Å². The maximum Gasteiger partial charge on any atom is 0.183 e. The van der Waals surface area contributed by atoms with Crippen molar-refractivity contribution < 1.29 is 45.2 Å². The molecule has 0 radical (unpaired) electrons. The lowest BCUT2D eigenvalue weighted by molar-refractivity contribution is -0.246. The van der Waals surface area contributed by atoms with E-state index in [1.165, 1.54) is 7.11 Å². The van der Waals surface area contributed by atoms with Crippen LogP contribution in [0.5, 0.6) is 0 Å². The summed E-state index contributed by atoms with van der Waals surface area (Å²) in [6.07, 6.45) is -8.43. The minimum Gasteiger partial charge on any atom is -0.396 e. The van der Waals surface area contributed by atoms with Crippen molar-refractivity contribution in [3.63, 3.8) is 0 Å². The fourth-order valence-corrected chi connectivity index (χ4v) is 3.44. The van der Waals surface area contributed by atoms with Gasteiger partial charge in [-0.2, -0.15) is 0 Å². The Morgan fingerprint density at radius 2 is 1.62 bits per heavy atom. The summed E-state index contributed by atoms with van der Waals surface area (Å²) in [5.41, 5.74) is 0. The SMILES string of the molecule is COC1OC(CO)C(NC2C(O)C(O)C(O)C(CO)C2O)CC1O. The predicted molar refractivity (Wildman–Crippen MR) is 78.7 cm³/mol. The van der Waals surface area contributed by atoms with Crippen LogP contribution in [-0.4, -0.2) is 111 Å². The van der Waals surface area contributed by atoms with Crippen molar-refractivity contribution in [2.45, 2.75) is 61.4 Å². The zero-order valence-electron chi connectivity index (χ0n) is 13.3. The van der Waals surface area contributed by atoms with Gasteiger partial charge in [-0.05, 0) is 6.42 Å². The Morgan fingerprint density at radius 1 is 0.958 bits per heavy atom. The largest absolute Gasteiger partial charge is 0.396 e. The second-order valence-corrected chi connectivity index (χ2v) is 6.37. The summed E-state index contributed by atoms with van der Waals surface area (Å²) in [6, 6.07) is -1.73. The van der Waals surface area contributed by atoms with E-state index in [9.17, 15) is 35.7 Å². The molecule has 0 aromatic heterocycles. The highest BCUT2D eigenvalue weighted by Gasteiger charge is 2.50. The molecule has 0 aromatic rings. The lowest BCUT2D eigenvalue weighted by atomic mass is 9.77. The summed E-state index contributed by atoms with van der Waals surface area (Å²) in [5, 5.41) is 71.8. The second kappa shape index (κ2) is 8.32. The number of methoxy groups -OCH3 is 1. The fourth-order valence-electron chi connectivity index (χ4n) is 3.44. The Morgan fingerprint density at radius 3 is 2.17 bits per heavy atom. The van der Waals surface area contributed by atoms with Gasteiger partial charge in [-0.1, -0.05) is 0 Å². The Balaban J connectivity index is 2.12. The lowest BCUT2D eigenvalue weighted by Gasteiger charge is -2.47. The molecule has 0 bridgehead atoms. The molecule has 2 fully saturated rings. The van der Waals surface area contributed by atoms with Gasteiger partial charge in [-0.15, -0.1) is 0 Å². The van der Waals surface area contributed by atoms with E-state index in [1.54, 1.807) is 0 Å². The Bertz CT molecular complexity index is 400. The van der Waals surface area contributed by atoms with E-state index in [0.717, 1.165) is 0 Å². The Hall–Kier alpha value is -0.400. The third-order valence-electron chi connectivity index (χ3n) is 4.91. The third kappa shape index (κ3) is 3.73. The summed E-state index contributed by atoms with van der Waals surface area (Å²) in [4.78, 5) is 0. The van der Waals surface area contributed by atoms with Crippen LogP contribution in [0.3, 0.4) is 0 Å². The van der Waals surface area contributed by atoms with E-state index in [0.29, 0.717) is 0 Å².